The molecule has 2 aromatic rings. The highest BCUT2D eigenvalue weighted by molar-refractivity contribution is 7.89. The van der Waals surface area contributed by atoms with Crippen molar-refractivity contribution >= 4 is 45.0 Å². The fraction of sp³-hybridized carbons (Fsp3) is 0.333. The summed E-state index contributed by atoms with van der Waals surface area (Å²) in [5.41, 5.74) is 1.22. The minimum atomic E-state index is -3.92. The third kappa shape index (κ3) is 4.43. The third-order valence-electron chi connectivity index (χ3n) is 6.85. The summed E-state index contributed by atoms with van der Waals surface area (Å²) in [6, 6.07) is 7.80. The van der Waals surface area contributed by atoms with E-state index in [-0.39, 0.29) is 78.2 Å². The predicted octanol–water partition coefficient (Wildman–Crippen LogP) is 1.62. The molecule has 2 saturated heterocycles. The van der Waals surface area contributed by atoms with E-state index in [1.165, 1.54) is 27.4 Å². The number of nitrogens with one attached hydrogen (secondary N) is 1. The second-order valence-electron chi connectivity index (χ2n) is 9.01. The number of carbonyl (C=O) groups excluding carboxylic acids is 3. The molecule has 3 aliphatic rings. The van der Waals surface area contributed by atoms with Gasteiger partial charge in [0.25, 0.3) is 5.91 Å². The van der Waals surface area contributed by atoms with Crippen LogP contribution in [-0.2, 0) is 26.2 Å². The fourth-order valence-electron chi connectivity index (χ4n) is 4.91. The maximum atomic E-state index is 15.1. The number of anilines is 1. The first-order valence-electron chi connectivity index (χ1n) is 11.5. The Labute approximate surface area is 217 Å². The molecule has 0 bridgehead atoms. The Morgan fingerprint density at radius 3 is 2.46 bits per heavy atom. The minimum Gasteiger partial charge on any atom is -0.367 e. The lowest BCUT2D eigenvalue weighted by Crippen LogP contribution is -2.52. The van der Waals surface area contributed by atoms with Crippen molar-refractivity contribution in [2.45, 2.75) is 30.3 Å². The van der Waals surface area contributed by atoms with Gasteiger partial charge in [0.1, 0.15) is 16.8 Å². The molecule has 2 fully saturated rings. The normalized spacial score (nSPS) is 20.6. The molecule has 192 valence electrons. The van der Waals surface area contributed by atoms with E-state index >= 15 is 4.39 Å². The number of imide groups is 1. The van der Waals surface area contributed by atoms with Crippen molar-refractivity contribution in [1.82, 2.24) is 14.5 Å². The van der Waals surface area contributed by atoms with Crippen LogP contribution in [0.3, 0.4) is 0 Å². The number of carbonyl (C=O) groups is 3. The molecule has 5 rings (SSSR count). The lowest BCUT2D eigenvalue weighted by molar-refractivity contribution is -0.136. The molecule has 1 atom stereocenters. The molecule has 2 aromatic carbocycles. The lowest BCUT2D eigenvalue weighted by atomic mass is 10.0. The second kappa shape index (κ2) is 9.41. The van der Waals surface area contributed by atoms with Gasteiger partial charge in [0, 0.05) is 44.7 Å². The summed E-state index contributed by atoms with van der Waals surface area (Å²) in [6.07, 6.45) is 0.330. The van der Waals surface area contributed by atoms with Crippen LogP contribution < -0.4 is 10.2 Å². The van der Waals surface area contributed by atoms with E-state index in [9.17, 15) is 22.8 Å². The Morgan fingerprint density at radius 2 is 1.81 bits per heavy atom. The van der Waals surface area contributed by atoms with Gasteiger partial charge in [-0.1, -0.05) is 11.6 Å². The van der Waals surface area contributed by atoms with Crippen LogP contribution in [0.4, 0.5) is 10.1 Å². The van der Waals surface area contributed by atoms with Crippen LogP contribution >= 0.6 is 11.6 Å². The number of hydrogen-bond acceptors (Lipinski definition) is 7. The largest absolute Gasteiger partial charge is 0.367 e. The Hall–Kier alpha value is -3.53. The van der Waals surface area contributed by atoms with Crippen LogP contribution in [0.5, 0.6) is 0 Å². The highest BCUT2D eigenvalue weighted by Crippen LogP contribution is 2.34. The molecule has 1 N–H and O–H groups in total. The SMILES string of the molecule is N#Cc1ccc(S(=O)(=O)N2CCN(c3cc4c(cc3F)C(=O)N(C3CCC(=O)NC3=O)C4)CC2)c(Cl)c1. The summed E-state index contributed by atoms with van der Waals surface area (Å²) >= 11 is 6.12. The van der Waals surface area contributed by atoms with Gasteiger partial charge in [0.05, 0.1) is 22.3 Å². The second-order valence-corrected chi connectivity index (χ2v) is 11.3. The number of hydrogen-bond donors (Lipinski definition) is 1. The van der Waals surface area contributed by atoms with Gasteiger partial charge < -0.3 is 9.80 Å². The molecule has 0 radical (unpaired) electrons. The number of piperidine rings is 1. The van der Waals surface area contributed by atoms with Gasteiger partial charge in [-0.05, 0) is 42.3 Å². The number of fused-ring (bicyclic) bond motifs is 1. The topological polar surface area (TPSA) is 131 Å². The molecular weight excluding hydrogens is 525 g/mol. The molecule has 0 saturated carbocycles. The summed E-state index contributed by atoms with van der Waals surface area (Å²) in [4.78, 5) is 39.6. The van der Waals surface area contributed by atoms with Crippen LogP contribution in [0, 0.1) is 17.1 Å². The number of sulfonamides is 1. The van der Waals surface area contributed by atoms with Gasteiger partial charge in [0.15, 0.2) is 0 Å². The summed E-state index contributed by atoms with van der Waals surface area (Å²) in [7, 11) is -3.92. The molecule has 0 aliphatic carbocycles. The van der Waals surface area contributed by atoms with Crippen molar-refractivity contribution in [3.8, 4) is 6.07 Å². The van der Waals surface area contributed by atoms with E-state index in [1.54, 1.807) is 11.0 Å². The van der Waals surface area contributed by atoms with Crippen molar-refractivity contribution in [1.29, 1.82) is 5.26 Å². The maximum absolute atomic E-state index is 15.1. The zero-order valence-electron chi connectivity index (χ0n) is 19.4. The minimum absolute atomic E-state index is 0.0450. The van der Waals surface area contributed by atoms with Crippen molar-refractivity contribution in [3.05, 3.63) is 57.9 Å². The van der Waals surface area contributed by atoms with E-state index < -0.39 is 33.7 Å². The smallest absolute Gasteiger partial charge is 0.255 e. The molecule has 3 aliphatic heterocycles. The average molecular weight is 546 g/mol. The third-order valence-corrected chi connectivity index (χ3v) is 9.23. The molecule has 3 heterocycles. The summed E-state index contributed by atoms with van der Waals surface area (Å²) < 4.78 is 42.6. The lowest BCUT2D eigenvalue weighted by Gasteiger charge is -2.35. The first-order chi connectivity index (χ1) is 17.6. The van der Waals surface area contributed by atoms with Crippen LogP contribution in [0.15, 0.2) is 35.2 Å². The molecule has 3 amide bonds. The standard InChI is InChI=1S/C24H21ClFN5O5S/c25-17-9-14(12-27)1-3-21(17)37(35,36)30-7-5-29(6-8-30)20-10-15-13-31(24(34)16(15)11-18(20)26)19-2-4-22(32)28-23(19)33/h1,3,9-11,19H,2,4-8,13H2,(H,28,32,33). The molecule has 0 aromatic heterocycles. The van der Waals surface area contributed by atoms with Crippen molar-refractivity contribution < 1.29 is 27.2 Å². The van der Waals surface area contributed by atoms with Gasteiger partial charge in [-0.2, -0.15) is 9.57 Å². The molecule has 37 heavy (non-hydrogen) atoms. The van der Waals surface area contributed by atoms with Gasteiger partial charge in [0.2, 0.25) is 21.8 Å². The number of halogens is 2. The Bertz CT molecular complexity index is 1480. The number of piperazine rings is 1. The van der Waals surface area contributed by atoms with E-state index in [4.69, 9.17) is 16.9 Å². The molecule has 0 spiro atoms. The van der Waals surface area contributed by atoms with Gasteiger partial charge in [-0.3, -0.25) is 19.7 Å². The van der Waals surface area contributed by atoms with Crippen LogP contribution in [0.25, 0.3) is 0 Å². The highest BCUT2D eigenvalue weighted by atomic mass is 35.5. The Kier molecular flexibility index (Phi) is 6.39. The fourth-order valence-corrected chi connectivity index (χ4v) is 6.85. The summed E-state index contributed by atoms with van der Waals surface area (Å²) in [6.45, 7) is 0.674. The zero-order valence-corrected chi connectivity index (χ0v) is 21.0. The first-order valence-corrected chi connectivity index (χ1v) is 13.3. The highest BCUT2D eigenvalue weighted by Gasteiger charge is 2.40. The number of nitriles is 1. The van der Waals surface area contributed by atoms with E-state index in [2.05, 4.69) is 5.32 Å². The molecule has 1 unspecified atom stereocenters. The maximum Gasteiger partial charge on any atom is 0.255 e. The Morgan fingerprint density at radius 1 is 1.08 bits per heavy atom. The van der Waals surface area contributed by atoms with Crippen LogP contribution in [0.1, 0.15) is 34.3 Å². The van der Waals surface area contributed by atoms with E-state index in [0.29, 0.717) is 5.56 Å². The quantitative estimate of drug-likeness (QED) is 0.578. The summed E-state index contributed by atoms with van der Waals surface area (Å²) in [5, 5.41) is 11.2. The molecular formula is C24H21ClFN5O5S. The monoisotopic (exact) mass is 545 g/mol. The van der Waals surface area contributed by atoms with Gasteiger partial charge in [-0.25, -0.2) is 12.8 Å². The van der Waals surface area contributed by atoms with Crippen LogP contribution in [-0.4, -0.2) is 67.6 Å². The van der Waals surface area contributed by atoms with Crippen molar-refractivity contribution in [3.63, 3.8) is 0 Å². The van der Waals surface area contributed by atoms with Gasteiger partial charge >= 0.3 is 0 Å². The van der Waals surface area contributed by atoms with E-state index in [1.807, 2.05) is 6.07 Å². The summed E-state index contributed by atoms with van der Waals surface area (Å²) in [5.74, 6) is -2.02. The van der Waals surface area contributed by atoms with Crippen molar-refractivity contribution in [2.24, 2.45) is 0 Å². The zero-order chi connectivity index (χ0) is 26.5. The number of benzene rings is 2. The number of amides is 3. The Balaban J connectivity index is 1.31. The predicted molar refractivity (Wildman–Crippen MR) is 130 cm³/mol. The van der Waals surface area contributed by atoms with Gasteiger partial charge in [-0.15, -0.1) is 0 Å². The van der Waals surface area contributed by atoms with Crippen LogP contribution in [0.2, 0.25) is 5.02 Å². The number of nitrogens with zero attached hydrogens (tertiary/aromatic N) is 4. The van der Waals surface area contributed by atoms with Crippen molar-refractivity contribution in [2.75, 3.05) is 31.1 Å². The first kappa shape index (κ1) is 25.1. The number of rotatable bonds is 4. The van der Waals surface area contributed by atoms with E-state index in [0.717, 1.165) is 6.07 Å². The molecule has 10 nitrogen and oxygen atoms in total. The molecule has 13 heteroatoms. The average Bonchev–Trinajstić information content (AvgIpc) is 3.18.